The highest BCUT2D eigenvalue weighted by Gasteiger charge is 2.33. The number of carbonyl (C=O) groups excluding carboxylic acids is 2. The number of ether oxygens (including phenoxy) is 1. The summed E-state index contributed by atoms with van der Waals surface area (Å²) in [7, 11) is 1.40. The number of hydrogen-bond donors (Lipinski definition) is 2. The molecule has 1 aromatic heterocycles. The molecule has 174 valence electrons. The normalized spacial score (nSPS) is 15.4. The van der Waals surface area contributed by atoms with Crippen molar-refractivity contribution in [3.63, 3.8) is 0 Å². The number of guanidine groups is 1. The van der Waals surface area contributed by atoms with Gasteiger partial charge in [0, 0.05) is 35.2 Å². The predicted octanol–water partition coefficient (Wildman–Crippen LogP) is 2.56. The van der Waals surface area contributed by atoms with Crippen molar-refractivity contribution in [3.05, 3.63) is 83.0 Å². The van der Waals surface area contributed by atoms with Crippen LogP contribution in [0, 0.1) is 0 Å². The Kier molecular flexibility index (Phi) is 6.59. The van der Waals surface area contributed by atoms with Gasteiger partial charge < -0.3 is 14.6 Å². The van der Waals surface area contributed by atoms with E-state index in [-0.39, 0.29) is 23.9 Å². The fraction of sp³-hybridized carbons (Fsp3) is 0.0909. The number of pyridine rings is 1. The molecule has 0 unspecified atom stereocenters. The average molecular weight is 482 g/mol. The fourth-order valence-corrected chi connectivity index (χ4v) is 3.09. The third-order valence-corrected chi connectivity index (χ3v) is 5.02. The van der Waals surface area contributed by atoms with Crippen LogP contribution in [0.4, 0.5) is 10.5 Å². The van der Waals surface area contributed by atoms with Crippen LogP contribution in [0.1, 0.15) is 15.9 Å². The number of aromatic carboxylic acids is 1. The van der Waals surface area contributed by atoms with Crippen LogP contribution in [0.2, 0.25) is 5.02 Å². The summed E-state index contributed by atoms with van der Waals surface area (Å²) >= 11 is 5.94. The predicted molar refractivity (Wildman–Crippen MR) is 119 cm³/mol. The molecule has 1 fully saturated rings. The Bertz CT molecular complexity index is 1220. The van der Waals surface area contributed by atoms with Gasteiger partial charge in [0.15, 0.2) is 0 Å². The highest BCUT2D eigenvalue weighted by atomic mass is 35.5. The largest absolute Gasteiger partial charge is 0.545 e. The van der Waals surface area contributed by atoms with E-state index in [4.69, 9.17) is 16.3 Å². The fourth-order valence-electron chi connectivity index (χ4n) is 2.96. The van der Waals surface area contributed by atoms with Gasteiger partial charge in [-0.2, -0.15) is 0 Å². The van der Waals surface area contributed by atoms with Gasteiger partial charge in [-0.15, -0.1) is 0 Å². The summed E-state index contributed by atoms with van der Waals surface area (Å²) in [6.07, 6.45) is 1.14. The van der Waals surface area contributed by atoms with Crippen LogP contribution >= 0.6 is 11.6 Å². The van der Waals surface area contributed by atoms with Crippen molar-refractivity contribution in [2.24, 2.45) is 4.99 Å². The first-order valence-electron chi connectivity index (χ1n) is 9.89. The maximum absolute atomic E-state index is 12.8. The van der Waals surface area contributed by atoms with Crippen LogP contribution in [-0.2, 0) is 6.54 Å². The monoisotopic (exact) mass is 481 g/mol. The number of aliphatic imine (C=N–C) groups is 1. The maximum atomic E-state index is 12.8. The molecule has 0 radical (unpaired) electrons. The van der Waals surface area contributed by atoms with Gasteiger partial charge >= 0.3 is 6.03 Å². The molecule has 12 heteroatoms. The number of halogens is 1. The first kappa shape index (κ1) is 23.0. The SMILES string of the molecule is CN1C(=O)N(Cc2ccc(Cl)cc2)C(=Nc2ccc(Oc3ccc(C(=O)[O-])cn3)cc2)NN1O. The molecule has 2 N–H and O–H groups in total. The number of amides is 2. The molecule has 1 aliphatic heterocycles. The molecular formula is C22H18ClN6O5-. The van der Waals surface area contributed by atoms with Gasteiger partial charge in [-0.1, -0.05) is 23.7 Å². The van der Waals surface area contributed by atoms with Gasteiger partial charge in [0.1, 0.15) is 5.75 Å². The van der Waals surface area contributed by atoms with Crippen molar-refractivity contribution < 1.29 is 24.6 Å². The molecule has 3 aromatic rings. The molecule has 1 aliphatic rings. The van der Waals surface area contributed by atoms with Crippen LogP contribution in [0.15, 0.2) is 71.9 Å². The van der Waals surface area contributed by atoms with Crippen LogP contribution < -0.4 is 15.3 Å². The second kappa shape index (κ2) is 9.75. The van der Waals surface area contributed by atoms with Gasteiger partial charge in [0.25, 0.3) is 0 Å². The number of nitrogens with zero attached hydrogens (tertiary/aromatic N) is 5. The van der Waals surface area contributed by atoms with Gasteiger partial charge in [-0.3, -0.25) is 10.1 Å². The Balaban J connectivity index is 1.53. The van der Waals surface area contributed by atoms with E-state index in [0.29, 0.717) is 21.7 Å². The summed E-state index contributed by atoms with van der Waals surface area (Å²) in [5.41, 5.74) is 3.88. The molecule has 0 aliphatic carbocycles. The minimum atomic E-state index is -1.32. The van der Waals surface area contributed by atoms with Crippen LogP contribution in [0.5, 0.6) is 11.6 Å². The summed E-state index contributed by atoms with van der Waals surface area (Å²) in [5.74, 6) is -0.576. The lowest BCUT2D eigenvalue weighted by molar-refractivity contribution is -0.255. The van der Waals surface area contributed by atoms with Gasteiger partial charge in [-0.05, 0) is 48.0 Å². The summed E-state index contributed by atoms with van der Waals surface area (Å²) in [5, 5.41) is 22.9. The van der Waals surface area contributed by atoms with Crippen LogP contribution in [0.3, 0.4) is 0 Å². The summed E-state index contributed by atoms with van der Waals surface area (Å²) < 4.78 is 5.60. The molecule has 0 atom stereocenters. The van der Waals surface area contributed by atoms with Crippen molar-refractivity contribution in [2.75, 3.05) is 7.05 Å². The lowest BCUT2D eigenvalue weighted by atomic mass is 10.2. The standard InChI is InChI=1S/C22H19ClN6O5/c1-27-22(32)28(13-14-2-5-16(23)6-3-14)21(26-29(27)33)25-17-7-9-18(10-8-17)34-19-11-4-15(12-24-19)20(30)31/h2-12,33H,13H2,1H3,(H,25,26)(H,30,31)/p-1. The number of nitrogens with one attached hydrogen (secondary N) is 1. The Morgan fingerprint density at radius 2 is 1.85 bits per heavy atom. The zero-order valence-corrected chi connectivity index (χ0v) is 18.5. The second-order valence-corrected chi connectivity index (χ2v) is 7.56. The zero-order chi connectivity index (χ0) is 24.2. The number of urea groups is 1. The molecule has 0 bridgehead atoms. The summed E-state index contributed by atoms with van der Waals surface area (Å²) in [6.45, 7) is 0.189. The highest BCUT2D eigenvalue weighted by Crippen LogP contribution is 2.24. The van der Waals surface area contributed by atoms with E-state index in [1.165, 1.54) is 24.1 Å². The highest BCUT2D eigenvalue weighted by molar-refractivity contribution is 6.30. The summed E-state index contributed by atoms with van der Waals surface area (Å²) in [6, 6.07) is 15.8. The molecule has 2 heterocycles. The van der Waals surface area contributed by atoms with E-state index in [9.17, 15) is 19.9 Å². The van der Waals surface area contributed by atoms with E-state index in [0.717, 1.165) is 16.8 Å². The number of aromatic nitrogens is 1. The Morgan fingerprint density at radius 1 is 1.15 bits per heavy atom. The quantitative estimate of drug-likeness (QED) is 0.548. The number of hydrogen-bond acceptors (Lipinski definition) is 8. The van der Waals surface area contributed by atoms with Crippen LogP contribution in [-0.4, -0.2) is 50.4 Å². The Hall–Kier alpha value is -4.19. The number of carboxylic acid groups (broad SMARTS) is 1. The number of carboxylic acids is 1. The average Bonchev–Trinajstić information content (AvgIpc) is 2.83. The molecular weight excluding hydrogens is 464 g/mol. The number of hydrazine groups is 2. The molecule has 0 saturated carbocycles. The smallest absolute Gasteiger partial charge is 0.344 e. The number of carbonyl (C=O) groups is 2. The van der Waals surface area contributed by atoms with Crippen molar-refractivity contribution in [2.45, 2.75) is 6.54 Å². The first-order valence-corrected chi connectivity index (χ1v) is 10.3. The minimum Gasteiger partial charge on any atom is -0.545 e. The lowest BCUT2D eigenvalue weighted by Crippen LogP contribution is -2.65. The van der Waals surface area contributed by atoms with E-state index in [1.54, 1.807) is 48.5 Å². The van der Waals surface area contributed by atoms with E-state index < -0.39 is 12.0 Å². The first-order chi connectivity index (χ1) is 16.3. The molecule has 2 aromatic carbocycles. The third kappa shape index (κ3) is 5.23. The summed E-state index contributed by atoms with van der Waals surface area (Å²) in [4.78, 5) is 33.3. The zero-order valence-electron chi connectivity index (χ0n) is 17.8. The number of benzene rings is 2. The number of rotatable bonds is 6. The molecule has 11 nitrogen and oxygen atoms in total. The van der Waals surface area contributed by atoms with Gasteiger partial charge in [0.05, 0.1) is 18.2 Å². The van der Waals surface area contributed by atoms with E-state index >= 15 is 0 Å². The topological polar surface area (TPSA) is 134 Å². The van der Waals surface area contributed by atoms with Gasteiger partial charge in [-0.25, -0.2) is 25.2 Å². The third-order valence-electron chi connectivity index (χ3n) is 4.77. The van der Waals surface area contributed by atoms with Crippen molar-refractivity contribution >= 4 is 35.2 Å². The van der Waals surface area contributed by atoms with Crippen molar-refractivity contribution in [1.82, 2.24) is 25.6 Å². The Labute approximate surface area is 199 Å². The maximum Gasteiger partial charge on any atom is 0.344 e. The minimum absolute atomic E-state index is 0.0558. The van der Waals surface area contributed by atoms with Crippen molar-refractivity contribution in [1.29, 1.82) is 0 Å². The molecule has 34 heavy (non-hydrogen) atoms. The van der Waals surface area contributed by atoms with Gasteiger partial charge in [0.2, 0.25) is 11.8 Å². The second-order valence-electron chi connectivity index (χ2n) is 7.12. The molecule has 4 rings (SSSR count). The molecule has 2 amide bonds. The van der Waals surface area contributed by atoms with Crippen molar-refractivity contribution in [3.8, 4) is 11.6 Å². The molecule has 0 spiro atoms. The lowest BCUT2D eigenvalue weighted by Gasteiger charge is -2.38. The molecule has 1 saturated heterocycles. The van der Waals surface area contributed by atoms with E-state index in [1.807, 2.05) is 0 Å². The van der Waals surface area contributed by atoms with E-state index in [2.05, 4.69) is 15.4 Å². The van der Waals surface area contributed by atoms with Crippen LogP contribution in [0.25, 0.3) is 0 Å². The Morgan fingerprint density at radius 3 is 2.47 bits per heavy atom.